The molecule has 1 N–H and O–H groups in total. The van der Waals surface area contributed by atoms with Crippen LogP contribution in [0.4, 0.5) is 18.9 Å². The van der Waals surface area contributed by atoms with Crippen LogP contribution in [0.3, 0.4) is 0 Å². The molecule has 2 heterocycles. The fourth-order valence-corrected chi connectivity index (χ4v) is 4.12. The van der Waals surface area contributed by atoms with Gasteiger partial charge in [0.2, 0.25) is 5.91 Å². The lowest BCUT2D eigenvalue weighted by Crippen LogP contribution is -2.40. The number of piperidine rings is 1. The number of halogens is 4. The van der Waals surface area contributed by atoms with Crippen molar-refractivity contribution in [1.82, 2.24) is 14.5 Å². The summed E-state index contributed by atoms with van der Waals surface area (Å²) in [6.07, 6.45) is -0.760. The van der Waals surface area contributed by atoms with Crippen molar-refractivity contribution >= 4 is 34.2 Å². The van der Waals surface area contributed by atoms with Crippen molar-refractivity contribution in [3.8, 4) is 0 Å². The first-order chi connectivity index (χ1) is 14.8. The molecule has 0 unspecified atom stereocenters. The van der Waals surface area contributed by atoms with E-state index in [-0.39, 0.29) is 23.2 Å². The third kappa shape index (κ3) is 5.19. The van der Waals surface area contributed by atoms with Crippen LogP contribution in [-0.4, -0.2) is 40.0 Å². The predicted molar refractivity (Wildman–Crippen MR) is 114 cm³/mol. The van der Waals surface area contributed by atoms with Crippen LogP contribution in [-0.2, 0) is 17.5 Å². The number of hydrogen-bond acceptors (Lipinski definition) is 3. The van der Waals surface area contributed by atoms with Crippen LogP contribution in [0.1, 0.15) is 18.4 Å². The molecule has 1 saturated heterocycles. The molecule has 4 rings (SSSR count). The summed E-state index contributed by atoms with van der Waals surface area (Å²) in [4.78, 5) is 18.8. The van der Waals surface area contributed by atoms with Gasteiger partial charge in [0.15, 0.2) is 0 Å². The molecule has 31 heavy (non-hydrogen) atoms. The van der Waals surface area contributed by atoms with Crippen LogP contribution in [0.5, 0.6) is 0 Å². The quantitative estimate of drug-likeness (QED) is 0.591. The molecule has 1 aromatic heterocycles. The first-order valence-electron chi connectivity index (χ1n) is 10.1. The van der Waals surface area contributed by atoms with Crippen LogP contribution in [0.25, 0.3) is 11.0 Å². The molecular weight excluding hydrogens is 429 g/mol. The molecule has 5 nitrogen and oxygen atoms in total. The molecule has 1 amide bonds. The van der Waals surface area contributed by atoms with E-state index in [2.05, 4.69) is 20.9 Å². The summed E-state index contributed by atoms with van der Waals surface area (Å²) in [6.45, 7) is 2.50. The van der Waals surface area contributed by atoms with Gasteiger partial charge in [0, 0.05) is 6.54 Å². The van der Waals surface area contributed by atoms with E-state index in [4.69, 9.17) is 11.6 Å². The van der Waals surface area contributed by atoms with Crippen LogP contribution in [0.2, 0.25) is 5.02 Å². The van der Waals surface area contributed by atoms with Crippen LogP contribution < -0.4 is 5.32 Å². The molecule has 0 atom stereocenters. The highest BCUT2D eigenvalue weighted by atomic mass is 35.5. The minimum atomic E-state index is -4.49. The number of alkyl halides is 3. The van der Waals surface area contributed by atoms with E-state index in [1.807, 2.05) is 29.4 Å². The maximum atomic E-state index is 12.9. The molecule has 3 aromatic rings. The van der Waals surface area contributed by atoms with Crippen molar-refractivity contribution in [2.75, 3.05) is 25.0 Å². The monoisotopic (exact) mass is 450 g/mol. The van der Waals surface area contributed by atoms with Gasteiger partial charge in [-0.25, -0.2) is 4.98 Å². The third-order valence-electron chi connectivity index (χ3n) is 5.62. The maximum absolute atomic E-state index is 12.9. The van der Waals surface area contributed by atoms with Crippen molar-refractivity contribution in [2.45, 2.75) is 25.6 Å². The molecule has 1 fully saturated rings. The van der Waals surface area contributed by atoms with Crippen molar-refractivity contribution < 1.29 is 18.0 Å². The Balaban J connectivity index is 1.29. The number of fused-ring (bicyclic) bond motifs is 1. The van der Waals surface area contributed by atoms with Gasteiger partial charge in [-0.15, -0.1) is 0 Å². The van der Waals surface area contributed by atoms with Crippen molar-refractivity contribution in [1.29, 1.82) is 0 Å². The zero-order chi connectivity index (χ0) is 22.0. The van der Waals surface area contributed by atoms with E-state index in [0.717, 1.165) is 61.7 Å². The molecule has 0 spiro atoms. The molecule has 9 heteroatoms. The molecule has 0 bridgehead atoms. The summed E-state index contributed by atoms with van der Waals surface area (Å²) in [7, 11) is 0. The lowest BCUT2D eigenvalue weighted by molar-refractivity contribution is -0.137. The number of likely N-dealkylation sites (tertiary alicyclic amines) is 1. The Morgan fingerprint density at radius 2 is 1.90 bits per heavy atom. The minimum absolute atomic E-state index is 0.0247. The van der Waals surface area contributed by atoms with E-state index < -0.39 is 11.7 Å². The van der Waals surface area contributed by atoms with Crippen LogP contribution in [0, 0.1) is 5.92 Å². The number of carbonyl (C=O) groups excluding carboxylic acids is 1. The lowest BCUT2D eigenvalue weighted by atomic mass is 9.96. The Morgan fingerprint density at radius 1 is 1.16 bits per heavy atom. The zero-order valence-corrected chi connectivity index (χ0v) is 17.5. The number of nitrogens with zero attached hydrogens (tertiary/aromatic N) is 3. The van der Waals surface area contributed by atoms with Crippen molar-refractivity contribution in [3.05, 3.63) is 59.4 Å². The highest BCUT2D eigenvalue weighted by Gasteiger charge is 2.31. The average molecular weight is 451 g/mol. The first-order valence-corrected chi connectivity index (χ1v) is 10.5. The third-order valence-corrected chi connectivity index (χ3v) is 5.95. The number of rotatable bonds is 5. The number of carbonyl (C=O) groups is 1. The molecule has 164 valence electrons. The summed E-state index contributed by atoms with van der Waals surface area (Å²) in [6, 6.07) is 10.9. The number of amides is 1. The van der Waals surface area contributed by atoms with E-state index in [9.17, 15) is 18.0 Å². The Morgan fingerprint density at radius 3 is 2.65 bits per heavy atom. The summed E-state index contributed by atoms with van der Waals surface area (Å²) >= 11 is 5.96. The van der Waals surface area contributed by atoms with E-state index >= 15 is 0 Å². The fourth-order valence-electron chi connectivity index (χ4n) is 3.95. The average Bonchev–Trinajstić information content (AvgIpc) is 3.13. The smallest absolute Gasteiger partial charge is 0.330 e. The standard InChI is InChI=1S/C22H22ClF3N4O/c23-17-6-5-16(22(24,25)26)11-19(17)28-21(31)13-29-9-7-15(8-10-29)12-30-14-27-18-3-1-2-4-20(18)30/h1-6,11,14-15H,7-10,12-13H2,(H,28,31). The number of hydrogen-bond donors (Lipinski definition) is 1. The first kappa shape index (κ1) is 21.6. The van der Waals surface area contributed by atoms with Gasteiger partial charge in [0.05, 0.1) is 40.2 Å². The second-order valence-corrected chi connectivity index (χ2v) is 8.25. The zero-order valence-electron chi connectivity index (χ0n) is 16.7. The number of imidazole rings is 1. The largest absolute Gasteiger partial charge is 0.416 e. The predicted octanol–water partition coefficient (Wildman–Crippen LogP) is 5.06. The van der Waals surface area contributed by atoms with Gasteiger partial charge in [-0.05, 0) is 62.2 Å². The topological polar surface area (TPSA) is 50.2 Å². The molecule has 0 radical (unpaired) electrons. The maximum Gasteiger partial charge on any atom is 0.416 e. The molecule has 1 aliphatic heterocycles. The minimum Gasteiger partial charge on any atom is -0.330 e. The van der Waals surface area contributed by atoms with Gasteiger partial charge in [-0.2, -0.15) is 13.2 Å². The Labute approximate surface area is 182 Å². The van der Waals surface area contributed by atoms with E-state index in [0.29, 0.717) is 5.92 Å². The normalized spacial score (nSPS) is 16.0. The summed E-state index contributed by atoms with van der Waals surface area (Å²) in [5.74, 6) is 0.107. The number of nitrogens with one attached hydrogen (secondary N) is 1. The van der Waals surface area contributed by atoms with Gasteiger partial charge >= 0.3 is 6.18 Å². The van der Waals surface area contributed by atoms with Crippen LogP contribution >= 0.6 is 11.6 Å². The Kier molecular flexibility index (Phi) is 6.20. The molecular formula is C22H22ClF3N4O. The van der Waals surface area contributed by atoms with Gasteiger partial charge in [-0.3, -0.25) is 9.69 Å². The number of aromatic nitrogens is 2. The van der Waals surface area contributed by atoms with Gasteiger partial charge in [0.1, 0.15) is 0 Å². The van der Waals surface area contributed by atoms with E-state index in [1.54, 1.807) is 0 Å². The van der Waals surface area contributed by atoms with Gasteiger partial charge in [-0.1, -0.05) is 23.7 Å². The number of anilines is 1. The molecule has 1 aliphatic rings. The summed E-state index contributed by atoms with van der Waals surface area (Å²) in [5, 5.41) is 2.59. The van der Waals surface area contributed by atoms with Crippen molar-refractivity contribution in [3.63, 3.8) is 0 Å². The second kappa shape index (κ2) is 8.88. The number of para-hydroxylation sites is 2. The molecule has 0 saturated carbocycles. The van der Waals surface area contributed by atoms with Crippen molar-refractivity contribution in [2.24, 2.45) is 5.92 Å². The van der Waals surface area contributed by atoms with Gasteiger partial charge < -0.3 is 9.88 Å². The summed E-state index contributed by atoms with van der Waals surface area (Å²) < 4.78 is 40.9. The Bertz CT molecular complexity index is 1070. The lowest BCUT2D eigenvalue weighted by Gasteiger charge is -2.31. The van der Waals surface area contributed by atoms with Crippen LogP contribution in [0.15, 0.2) is 48.8 Å². The molecule has 0 aliphatic carbocycles. The van der Waals surface area contributed by atoms with E-state index in [1.165, 1.54) is 0 Å². The molecule has 2 aromatic carbocycles. The Hall–Kier alpha value is -2.58. The number of benzene rings is 2. The fraction of sp³-hybridized carbons (Fsp3) is 0.364. The second-order valence-electron chi connectivity index (χ2n) is 7.85. The highest BCUT2D eigenvalue weighted by Crippen LogP contribution is 2.33. The summed E-state index contributed by atoms with van der Waals surface area (Å²) in [5.41, 5.74) is 1.22. The highest BCUT2D eigenvalue weighted by molar-refractivity contribution is 6.33. The van der Waals surface area contributed by atoms with Gasteiger partial charge in [0.25, 0.3) is 0 Å². The SMILES string of the molecule is O=C(CN1CCC(Cn2cnc3ccccc32)CC1)Nc1cc(C(F)(F)F)ccc1Cl.